The summed E-state index contributed by atoms with van der Waals surface area (Å²) < 4.78 is 0. The maximum atomic E-state index is 6.06. The SMILES string of the molecule is NON1C(Cl)=NC(Cl)=NC1=C1CCCCCCCCCCCC1. The van der Waals surface area contributed by atoms with Gasteiger partial charge in [0, 0.05) is 0 Å². The summed E-state index contributed by atoms with van der Waals surface area (Å²) in [5.74, 6) is 5.95. The number of rotatable bonds is 1. The maximum absolute atomic E-state index is 6.06. The van der Waals surface area contributed by atoms with Gasteiger partial charge in [0.25, 0.3) is 0 Å². The minimum atomic E-state index is 0.0953. The summed E-state index contributed by atoms with van der Waals surface area (Å²) in [7, 11) is 0. The fourth-order valence-electron chi connectivity index (χ4n) is 3.12. The van der Waals surface area contributed by atoms with Crippen LogP contribution in [-0.2, 0) is 4.94 Å². The van der Waals surface area contributed by atoms with Gasteiger partial charge in [-0.15, -0.1) is 0 Å². The van der Waals surface area contributed by atoms with E-state index < -0.39 is 0 Å². The molecule has 1 heterocycles. The molecule has 0 amide bonds. The summed E-state index contributed by atoms with van der Waals surface area (Å²) >= 11 is 12.0. The predicted molar refractivity (Wildman–Crippen MR) is 96.1 cm³/mol. The molecule has 2 aliphatic rings. The van der Waals surface area contributed by atoms with Crippen molar-refractivity contribution in [1.29, 1.82) is 0 Å². The molecule has 0 aromatic rings. The normalized spacial score (nSPS) is 22.7. The van der Waals surface area contributed by atoms with Gasteiger partial charge in [0.1, 0.15) is 0 Å². The van der Waals surface area contributed by atoms with E-state index >= 15 is 0 Å². The highest BCUT2D eigenvalue weighted by molar-refractivity contribution is 6.71. The molecule has 0 bridgehead atoms. The molecule has 7 heteroatoms. The van der Waals surface area contributed by atoms with Crippen molar-refractivity contribution in [3.05, 3.63) is 11.4 Å². The largest absolute Gasteiger partial charge is 0.233 e. The standard InChI is InChI=1S/C16H26Cl2N4O/c17-15-20-14(22(23-19)16(18)21-15)13-11-9-7-5-3-1-2-4-6-8-10-12-13/h1-12,19H2. The Morgan fingerprint density at radius 2 is 1.26 bits per heavy atom. The Balaban J connectivity index is 2.14. The van der Waals surface area contributed by atoms with Crippen molar-refractivity contribution in [3.63, 3.8) is 0 Å². The molecule has 2 N–H and O–H groups in total. The molecule has 0 aromatic carbocycles. The summed E-state index contributed by atoms with van der Waals surface area (Å²) in [6, 6.07) is 0. The molecule has 1 aliphatic heterocycles. The van der Waals surface area contributed by atoms with Crippen molar-refractivity contribution in [2.24, 2.45) is 15.9 Å². The van der Waals surface area contributed by atoms with Crippen LogP contribution in [0.3, 0.4) is 0 Å². The molecular weight excluding hydrogens is 335 g/mol. The fourth-order valence-corrected chi connectivity index (χ4v) is 3.53. The minimum Gasteiger partial charge on any atom is -0.198 e. The van der Waals surface area contributed by atoms with Gasteiger partial charge < -0.3 is 0 Å². The molecule has 0 saturated heterocycles. The van der Waals surface area contributed by atoms with Gasteiger partial charge in [0.05, 0.1) is 0 Å². The highest BCUT2D eigenvalue weighted by Crippen LogP contribution is 2.28. The average Bonchev–Trinajstić information content (AvgIpc) is 2.55. The lowest BCUT2D eigenvalue weighted by atomic mass is 10.0. The van der Waals surface area contributed by atoms with Crippen LogP contribution in [0.15, 0.2) is 21.4 Å². The lowest BCUT2D eigenvalue weighted by molar-refractivity contribution is -0.0752. The minimum absolute atomic E-state index is 0.0953. The highest BCUT2D eigenvalue weighted by atomic mass is 35.5. The Hall–Kier alpha value is -0.620. The van der Waals surface area contributed by atoms with E-state index in [0.29, 0.717) is 5.82 Å². The molecule has 0 aromatic heterocycles. The first-order chi connectivity index (χ1) is 11.2. The van der Waals surface area contributed by atoms with E-state index in [0.717, 1.165) is 25.7 Å². The first-order valence-electron chi connectivity index (χ1n) is 8.59. The third kappa shape index (κ3) is 6.07. The number of halogens is 2. The predicted octanol–water partition coefficient (Wildman–Crippen LogP) is 5.20. The number of hydrogen-bond donors (Lipinski definition) is 1. The number of hydroxylamine groups is 2. The van der Waals surface area contributed by atoms with Gasteiger partial charge in [-0.05, 0) is 54.5 Å². The monoisotopic (exact) mass is 360 g/mol. The molecule has 1 aliphatic carbocycles. The fraction of sp³-hybridized carbons (Fsp3) is 0.750. The van der Waals surface area contributed by atoms with Crippen molar-refractivity contribution in [2.45, 2.75) is 77.0 Å². The van der Waals surface area contributed by atoms with Crippen molar-refractivity contribution < 1.29 is 4.94 Å². The van der Waals surface area contributed by atoms with Gasteiger partial charge in [0.15, 0.2) is 5.82 Å². The third-order valence-electron chi connectivity index (χ3n) is 4.37. The molecule has 0 unspecified atom stereocenters. The second-order valence-electron chi connectivity index (χ2n) is 6.12. The van der Waals surface area contributed by atoms with Gasteiger partial charge in [-0.1, -0.05) is 51.4 Å². The first-order valence-corrected chi connectivity index (χ1v) is 9.35. The summed E-state index contributed by atoms with van der Waals surface area (Å²) in [6.45, 7) is 0. The van der Waals surface area contributed by atoms with Gasteiger partial charge in [-0.25, -0.2) is 0 Å². The Morgan fingerprint density at radius 1 is 0.783 bits per heavy atom. The zero-order valence-electron chi connectivity index (χ0n) is 13.6. The van der Waals surface area contributed by atoms with E-state index in [4.69, 9.17) is 34.0 Å². The zero-order chi connectivity index (χ0) is 16.5. The van der Waals surface area contributed by atoms with Crippen molar-refractivity contribution in [1.82, 2.24) is 5.06 Å². The first kappa shape index (κ1) is 18.7. The molecular formula is C16H26Cl2N4O. The summed E-state index contributed by atoms with van der Waals surface area (Å²) in [4.78, 5) is 13.0. The number of amidine groups is 2. The average molecular weight is 361 g/mol. The Labute approximate surface area is 148 Å². The van der Waals surface area contributed by atoms with Crippen LogP contribution >= 0.6 is 23.2 Å². The molecule has 5 nitrogen and oxygen atoms in total. The molecule has 1 saturated carbocycles. The van der Waals surface area contributed by atoms with Crippen LogP contribution in [0.4, 0.5) is 0 Å². The highest BCUT2D eigenvalue weighted by Gasteiger charge is 2.24. The van der Waals surface area contributed by atoms with Crippen molar-refractivity contribution in [3.8, 4) is 0 Å². The summed E-state index contributed by atoms with van der Waals surface area (Å²) in [6.07, 6.45) is 14.7. The molecule has 1 fully saturated rings. The van der Waals surface area contributed by atoms with E-state index in [1.807, 2.05) is 0 Å². The van der Waals surface area contributed by atoms with Gasteiger partial charge in [0.2, 0.25) is 10.6 Å². The topological polar surface area (TPSA) is 63.2 Å². The number of nitrogens with two attached hydrogens (primary N) is 1. The van der Waals surface area contributed by atoms with E-state index in [1.165, 1.54) is 62.0 Å². The molecule has 0 atom stereocenters. The van der Waals surface area contributed by atoms with E-state index in [2.05, 4.69) is 9.98 Å². The molecule has 130 valence electrons. The van der Waals surface area contributed by atoms with Crippen LogP contribution in [0.5, 0.6) is 0 Å². The van der Waals surface area contributed by atoms with Crippen LogP contribution in [0.25, 0.3) is 0 Å². The van der Waals surface area contributed by atoms with Gasteiger partial charge >= 0.3 is 0 Å². The summed E-state index contributed by atoms with van der Waals surface area (Å²) in [5.41, 5.74) is 1.20. The molecule has 2 rings (SSSR count). The number of allylic oxidation sites excluding steroid dienone is 1. The van der Waals surface area contributed by atoms with Gasteiger partial charge in [-0.3, -0.25) is 0 Å². The maximum Gasteiger partial charge on any atom is 0.233 e. The smallest absolute Gasteiger partial charge is 0.198 e. The second kappa shape index (κ2) is 10.3. The lowest BCUT2D eigenvalue weighted by Crippen LogP contribution is -2.33. The Bertz CT molecular complexity index is 461. The van der Waals surface area contributed by atoms with Gasteiger partial charge in [-0.2, -0.15) is 25.9 Å². The number of hydrogen-bond acceptors (Lipinski definition) is 5. The summed E-state index contributed by atoms with van der Waals surface area (Å²) in [5, 5.41) is 1.48. The molecule has 0 spiro atoms. The van der Waals surface area contributed by atoms with E-state index in [9.17, 15) is 0 Å². The lowest BCUT2D eigenvalue weighted by Gasteiger charge is -2.24. The molecule has 23 heavy (non-hydrogen) atoms. The van der Waals surface area contributed by atoms with E-state index in [1.54, 1.807) is 0 Å². The van der Waals surface area contributed by atoms with E-state index in [-0.39, 0.29) is 10.6 Å². The van der Waals surface area contributed by atoms with Crippen molar-refractivity contribution >= 4 is 33.8 Å². The van der Waals surface area contributed by atoms with Crippen LogP contribution < -0.4 is 5.90 Å². The van der Waals surface area contributed by atoms with Crippen molar-refractivity contribution in [2.75, 3.05) is 0 Å². The number of aliphatic imine (C=N–C) groups is 2. The quantitative estimate of drug-likeness (QED) is 0.515. The Morgan fingerprint density at radius 3 is 1.74 bits per heavy atom. The third-order valence-corrected chi connectivity index (χ3v) is 4.78. The van der Waals surface area contributed by atoms with Crippen LogP contribution in [0.2, 0.25) is 0 Å². The second-order valence-corrected chi connectivity index (χ2v) is 6.80. The van der Waals surface area contributed by atoms with Crippen LogP contribution in [0.1, 0.15) is 77.0 Å². The molecule has 0 radical (unpaired) electrons. The Kier molecular flexibility index (Phi) is 8.37. The van der Waals surface area contributed by atoms with Crippen LogP contribution in [-0.4, -0.2) is 15.7 Å². The van der Waals surface area contributed by atoms with Crippen LogP contribution in [0, 0.1) is 0 Å². The number of nitrogens with zero attached hydrogens (tertiary/aromatic N) is 3. The zero-order valence-corrected chi connectivity index (χ0v) is 15.1.